The molecule has 0 unspecified atom stereocenters. The molecule has 0 atom stereocenters. The fraction of sp³-hybridized carbons (Fsp3) is 0.400. The zero-order valence-electron chi connectivity index (χ0n) is 16.7. The van der Waals surface area contributed by atoms with E-state index in [0.717, 1.165) is 6.20 Å². The number of ether oxygens (including phenoxy) is 2. The second-order valence-electron chi connectivity index (χ2n) is 6.81. The molecule has 10 nitrogen and oxygen atoms in total. The summed E-state index contributed by atoms with van der Waals surface area (Å²) >= 11 is 0. The topological polar surface area (TPSA) is 125 Å². The zero-order chi connectivity index (χ0) is 21.7. The fourth-order valence-electron chi connectivity index (χ4n) is 3.15. The van der Waals surface area contributed by atoms with E-state index in [0.29, 0.717) is 49.8 Å². The van der Waals surface area contributed by atoms with E-state index in [1.54, 1.807) is 31.2 Å². The predicted molar refractivity (Wildman–Crippen MR) is 107 cm³/mol. The highest BCUT2D eigenvalue weighted by atomic mass is 16.6. The Kier molecular flexibility index (Phi) is 6.55. The van der Waals surface area contributed by atoms with Gasteiger partial charge in [-0.05, 0) is 51.0 Å². The second-order valence-corrected chi connectivity index (χ2v) is 6.81. The fourth-order valence-corrected chi connectivity index (χ4v) is 3.15. The van der Waals surface area contributed by atoms with Crippen molar-refractivity contribution >= 4 is 23.4 Å². The summed E-state index contributed by atoms with van der Waals surface area (Å²) < 4.78 is 10.7. The number of hydrogen-bond acceptors (Lipinski definition) is 9. The Hall–Kier alpha value is -3.56. The van der Waals surface area contributed by atoms with E-state index < -0.39 is 4.92 Å². The minimum atomic E-state index is -0.615. The van der Waals surface area contributed by atoms with Crippen molar-refractivity contribution in [2.75, 3.05) is 24.6 Å². The molecule has 30 heavy (non-hydrogen) atoms. The standard InChI is InChI=1S/C20H22N4O6/c1-3-29-19(26)15-8-10-23(11-9-15)20-21-12-17(24(27)28)18(22-20)30-16-6-4-14(5-7-16)13(2)25/h4-7,12,15H,3,8-11H2,1-2H3. The summed E-state index contributed by atoms with van der Waals surface area (Å²) in [6.45, 7) is 4.61. The highest BCUT2D eigenvalue weighted by Crippen LogP contribution is 2.31. The maximum Gasteiger partial charge on any atom is 0.349 e. The summed E-state index contributed by atoms with van der Waals surface area (Å²) in [5.74, 6) is -0.0576. The Morgan fingerprint density at radius 3 is 2.47 bits per heavy atom. The Bertz CT molecular complexity index is 939. The summed E-state index contributed by atoms with van der Waals surface area (Å²) in [5, 5.41) is 11.4. The van der Waals surface area contributed by atoms with Crippen molar-refractivity contribution in [2.24, 2.45) is 5.92 Å². The Morgan fingerprint density at radius 2 is 1.90 bits per heavy atom. The van der Waals surface area contributed by atoms with E-state index in [2.05, 4.69) is 9.97 Å². The summed E-state index contributed by atoms with van der Waals surface area (Å²) in [6, 6.07) is 6.25. The third kappa shape index (κ3) is 4.88. The van der Waals surface area contributed by atoms with Crippen LogP contribution >= 0.6 is 0 Å². The second kappa shape index (κ2) is 9.29. The molecule has 10 heteroatoms. The minimum absolute atomic E-state index is 0.0944. The molecule has 1 aliphatic rings. The number of benzene rings is 1. The number of esters is 1. The van der Waals surface area contributed by atoms with Gasteiger partial charge >= 0.3 is 17.5 Å². The molecule has 1 aromatic heterocycles. The lowest BCUT2D eigenvalue weighted by Crippen LogP contribution is -2.37. The molecule has 0 saturated carbocycles. The number of ketones is 1. The van der Waals surface area contributed by atoms with Crippen LogP contribution in [-0.2, 0) is 9.53 Å². The van der Waals surface area contributed by atoms with Crippen LogP contribution in [0.1, 0.15) is 37.0 Å². The van der Waals surface area contributed by atoms with Gasteiger partial charge in [0.25, 0.3) is 0 Å². The van der Waals surface area contributed by atoms with Crippen molar-refractivity contribution in [1.82, 2.24) is 9.97 Å². The summed E-state index contributed by atoms with van der Waals surface area (Å²) in [5.41, 5.74) is 0.139. The van der Waals surface area contributed by atoms with Crippen molar-refractivity contribution in [3.05, 3.63) is 46.1 Å². The van der Waals surface area contributed by atoms with Gasteiger partial charge in [0.15, 0.2) is 5.78 Å². The van der Waals surface area contributed by atoms with Crippen LogP contribution in [-0.4, -0.2) is 46.3 Å². The van der Waals surface area contributed by atoms with Crippen molar-refractivity contribution in [3.8, 4) is 11.6 Å². The molecule has 0 bridgehead atoms. The number of carbonyl (C=O) groups is 2. The quantitative estimate of drug-likeness (QED) is 0.291. The lowest BCUT2D eigenvalue weighted by Gasteiger charge is -2.30. The smallest absolute Gasteiger partial charge is 0.349 e. The SMILES string of the molecule is CCOC(=O)C1CCN(c2ncc([N+](=O)[O-])c(Oc3ccc(C(C)=O)cc3)n2)CC1. The molecule has 1 saturated heterocycles. The van der Waals surface area contributed by atoms with E-state index >= 15 is 0 Å². The number of piperidine rings is 1. The van der Waals surface area contributed by atoms with Crippen molar-refractivity contribution in [1.29, 1.82) is 0 Å². The van der Waals surface area contributed by atoms with Crippen LogP contribution in [0.5, 0.6) is 11.6 Å². The van der Waals surface area contributed by atoms with E-state index in [1.807, 2.05) is 4.90 Å². The average molecular weight is 414 g/mol. The molecular formula is C20H22N4O6. The maximum absolute atomic E-state index is 11.9. The van der Waals surface area contributed by atoms with Crippen LogP contribution in [0, 0.1) is 16.0 Å². The first-order chi connectivity index (χ1) is 14.4. The zero-order valence-corrected chi connectivity index (χ0v) is 16.7. The first kappa shape index (κ1) is 21.2. The third-order valence-corrected chi connectivity index (χ3v) is 4.79. The number of carbonyl (C=O) groups excluding carboxylic acids is 2. The van der Waals surface area contributed by atoms with Crippen LogP contribution in [0.25, 0.3) is 0 Å². The average Bonchev–Trinajstić information content (AvgIpc) is 2.74. The van der Waals surface area contributed by atoms with Crippen molar-refractivity contribution < 1.29 is 24.0 Å². The van der Waals surface area contributed by atoms with E-state index in [4.69, 9.17) is 9.47 Å². The monoisotopic (exact) mass is 414 g/mol. The number of Topliss-reactive ketones (excluding diaryl/α,β-unsaturated/α-hetero) is 1. The van der Waals surface area contributed by atoms with Gasteiger partial charge in [0.05, 0.1) is 17.4 Å². The molecular weight excluding hydrogens is 392 g/mol. The molecule has 1 fully saturated rings. The number of anilines is 1. The lowest BCUT2D eigenvalue weighted by molar-refractivity contribution is -0.386. The molecule has 0 amide bonds. The van der Waals surface area contributed by atoms with Gasteiger partial charge in [-0.25, -0.2) is 4.98 Å². The summed E-state index contributed by atoms with van der Waals surface area (Å²) in [7, 11) is 0. The van der Waals surface area contributed by atoms with Gasteiger partial charge in [-0.1, -0.05) is 0 Å². The van der Waals surface area contributed by atoms with Crippen LogP contribution in [0.4, 0.5) is 11.6 Å². The Balaban J connectivity index is 1.77. The number of nitro groups is 1. The summed E-state index contributed by atoms with van der Waals surface area (Å²) in [4.78, 5) is 44.2. The molecule has 1 aliphatic heterocycles. The summed E-state index contributed by atoms with van der Waals surface area (Å²) in [6.07, 6.45) is 2.28. The number of nitrogens with zero attached hydrogens (tertiary/aromatic N) is 4. The van der Waals surface area contributed by atoms with Gasteiger partial charge < -0.3 is 14.4 Å². The first-order valence-corrected chi connectivity index (χ1v) is 9.61. The normalized spacial score (nSPS) is 14.3. The third-order valence-electron chi connectivity index (χ3n) is 4.79. The van der Waals surface area contributed by atoms with Gasteiger partial charge in [0, 0.05) is 18.7 Å². The highest BCUT2D eigenvalue weighted by Gasteiger charge is 2.29. The minimum Gasteiger partial charge on any atom is -0.466 e. The van der Waals surface area contributed by atoms with Crippen LogP contribution in [0.2, 0.25) is 0 Å². The van der Waals surface area contributed by atoms with E-state index in [1.165, 1.54) is 6.92 Å². The van der Waals surface area contributed by atoms with E-state index in [9.17, 15) is 19.7 Å². The molecule has 0 aliphatic carbocycles. The molecule has 0 N–H and O–H groups in total. The van der Waals surface area contributed by atoms with E-state index in [-0.39, 0.29) is 29.2 Å². The molecule has 1 aromatic carbocycles. The van der Waals surface area contributed by atoms with Gasteiger partial charge in [-0.15, -0.1) is 0 Å². The predicted octanol–water partition coefficient (Wildman–Crippen LogP) is 3.16. The van der Waals surface area contributed by atoms with Gasteiger partial charge in [-0.2, -0.15) is 4.98 Å². The molecule has 2 aromatic rings. The molecule has 0 radical (unpaired) electrons. The van der Waals surface area contributed by atoms with Gasteiger partial charge in [0.2, 0.25) is 5.95 Å². The van der Waals surface area contributed by atoms with Gasteiger partial charge in [-0.3, -0.25) is 19.7 Å². The molecule has 0 spiro atoms. The Labute approximate surface area is 173 Å². The maximum atomic E-state index is 11.9. The van der Waals surface area contributed by atoms with Crippen LogP contribution in [0.15, 0.2) is 30.5 Å². The first-order valence-electron chi connectivity index (χ1n) is 9.61. The molecule has 2 heterocycles. The number of aromatic nitrogens is 2. The molecule has 158 valence electrons. The Morgan fingerprint density at radius 1 is 1.23 bits per heavy atom. The van der Waals surface area contributed by atoms with Crippen LogP contribution in [0.3, 0.4) is 0 Å². The highest BCUT2D eigenvalue weighted by molar-refractivity contribution is 5.94. The number of hydrogen-bond donors (Lipinski definition) is 0. The number of rotatable bonds is 7. The lowest BCUT2D eigenvalue weighted by atomic mass is 9.97. The van der Waals surface area contributed by atoms with Crippen molar-refractivity contribution in [2.45, 2.75) is 26.7 Å². The van der Waals surface area contributed by atoms with Crippen molar-refractivity contribution in [3.63, 3.8) is 0 Å². The van der Waals surface area contributed by atoms with Crippen LogP contribution < -0.4 is 9.64 Å². The largest absolute Gasteiger partial charge is 0.466 e. The van der Waals surface area contributed by atoms with Gasteiger partial charge in [0.1, 0.15) is 11.9 Å². The molecule has 3 rings (SSSR count).